The zero-order chi connectivity index (χ0) is 16.4. The average Bonchev–Trinajstić information content (AvgIpc) is 2.54. The molecule has 0 saturated carbocycles. The van der Waals surface area contributed by atoms with Crippen LogP contribution in [0.15, 0.2) is 71.6 Å². The zero-order valence-electron chi connectivity index (χ0n) is 12.3. The van der Waals surface area contributed by atoms with E-state index in [2.05, 4.69) is 0 Å². The van der Waals surface area contributed by atoms with Gasteiger partial charge in [-0.1, -0.05) is 0 Å². The fourth-order valence-corrected chi connectivity index (χ4v) is 6.57. The number of halogens is 1. The van der Waals surface area contributed by atoms with Gasteiger partial charge in [-0.25, -0.2) is 0 Å². The van der Waals surface area contributed by atoms with E-state index in [1.165, 1.54) is 12.1 Å². The van der Waals surface area contributed by atoms with Crippen LogP contribution in [-0.2, 0) is 12.6 Å². The molecule has 3 aromatic carbocycles. The predicted molar refractivity (Wildman–Crippen MR) is 98.3 cm³/mol. The van der Waals surface area contributed by atoms with E-state index >= 15 is 0 Å². The van der Waals surface area contributed by atoms with Gasteiger partial charge in [0.25, 0.3) is 0 Å². The molecule has 0 aromatic heterocycles. The average molecular weight is 442 g/mol. The van der Waals surface area contributed by atoms with E-state index in [4.69, 9.17) is 2.51 Å². The Hall–Kier alpha value is -1.48. The Morgan fingerprint density at radius 2 is 1.57 bits per heavy atom. The van der Waals surface area contributed by atoms with E-state index < -0.39 is 30.8 Å². The molecule has 4 nitrogen and oxygen atoms in total. The number of fused-ring (bicyclic) bond motifs is 1. The van der Waals surface area contributed by atoms with Gasteiger partial charge in [-0.3, -0.25) is 0 Å². The summed E-state index contributed by atoms with van der Waals surface area (Å²) in [7, 11) is -3.96. The molecule has 0 spiro atoms. The number of hydrogen-bond acceptors (Lipinski definition) is 4. The maximum atomic E-state index is 12.2. The predicted octanol–water partition coefficient (Wildman–Crippen LogP) is 4.05. The van der Waals surface area contributed by atoms with E-state index in [0.717, 1.165) is 16.3 Å². The van der Waals surface area contributed by atoms with E-state index in [1.807, 2.05) is 37.3 Å². The molecule has 0 radical (unpaired) electrons. The molecule has 0 saturated heterocycles. The van der Waals surface area contributed by atoms with Crippen LogP contribution in [0.5, 0.6) is 0 Å². The molecule has 3 rings (SSSR count). The van der Waals surface area contributed by atoms with Gasteiger partial charge in [0.2, 0.25) is 0 Å². The van der Waals surface area contributed by atoms with Crippen LogP contribution in [0.25, 0.3) is 10.8 Å². The molecule has 120 valence electrons. The van der Waals surface area contributed by atoms with Gasteiger partial charge < -0.3 is 0 Å². The minimum atomic E-state index is -3.96. The Bertz CT molecular complexity index is 936. The second-order valence-electron chi connectivity index (χ2n) is 5.05. The second-order valence-corrected chi connectivity index (χ2v) is 10.2. The summed E-state index contributed by atoms with van der Waals surface area (Å²) < 4.78 is 40.4. The van der Waals surface area contributed by atoms with Crippen LogP contribution in [-0.4, -0.2) is 11.9 Å². The number of benzene rings is 3. The third-order valence-electron chi connectivity index (χ3n) is 3.35. The molecule has 0 atom stereocenters. The Labute approximate surface area is 143 Å². The summed E-state index contributed by atoms with van der Waals surface area (Å²) in [5.74, 6) is 0. The van der Waals surface area contributed by atoms with E-state index in [1.54, 1.807) is 24.3 Å². The van der Waals surface area contributed by atoms with Crippen molar-refractivity contribution in [3.05, 3.63) is 75.9 Å². The molecular formula is C17H15IO4S. The van der Waals surface area contributed by atoms with Crippen LogP contribution in [0.2, 0.25) is 0 Å². The molecule has 0 heterocycles. The van der Waals surface area contributed by atoms with Crippen molar-refractivity contribution in [3.8, 4) is 0 Å². The van der Waals surface area contributed by atoms with Gasteiger partial charge in [0.15, 0.2) is 0 Å². The first kappa shape index (κ1) is 16.4. The maximum absolute atomic E-state index is 12.2. The van der Waals surface area contributed by atoms with Crippen LogP contribution in [0.4, 0.5) is 0 Å². The van der Waals surface area contributed by atoms with Crippen LogP contribution >= 0.6 is 20.6 Å². The molecule has 0 aliphatic rings. The fourth-order valence-electron chi connectivity index (χ4n) is 2.12. The summed E-state index contributed by atoms with van der Waals surface area (Å²) in [6.45, 7) is 1.87. The van der Waals surface area contributed by atoms with Gasteiger partial charge >= 0.3 is 144 Å². The van der Waals surface area contributed by atoms with E-state index in [9.17, 15) is 11.9 Å². The quantitative estimate of drug-likeness (QED) is 0.620. The van der Waals surface area contributed by atoms with Crippen LogP contribution in [0, 0.1) is 10.5 Å². The summed E-state index contributed by atoms with van der Waals surface area (Å²) in [5.41, 5.74) is 0.956. The molecule has 0 unspecified atom stereocenters. The number of rotatable bonds is 4. The molecular weight excluding hydrogens is 427 g/mol. The van der Waals surface area contributed by atoms with Crippen molar-refractivity contribution in [1.82, 2.24) is 0 Å². The van der Waals surface area contributed by atoms with Crippen LogP contribution in [0.1, 0.15) is 5.56 Å². The molecule has 6 heteroatoms. The Balaban J connectivity index is 1.87. The number of aryl methyl sites for hydroxylation is 1. The first-order valence-corrected chi connectivity index (χ1v) is 11.2. The van der Waals surface area contributed by atoms with Gasteiger partial charge in [0, 0.05) is 0 Å². The Kier molecular flexibility index (Phi) is 4.67. The van der Waals surface area contributed by atoms with Crippen molar-refractivity contribution < 1.29 is 14.4 Å². The first-order chi connectivity index (χ1) is 11.0. The number of hydrogen-bond donors (Lipinski definition) is 1. The topological polar surface area (TPSA) is 63.6 Å². The van der Waals surface area contributed by atoms with Crippen molar-refractivity contribution in [2.24, 2.45) is 0 Å². The molecule has 0 fully saturated rings. The van der Waals surface area contributed by atoms with Crippen molar-refractivity contribution in [2.45, 2.75) is 11.8 Å². The van der Waals surface area contributed by atoms with E-state index in [0.29, 0.717) is 3.57 Å². The molecule has 0 bridgehead atoms. The van der Waals surface area contributed by atoms with Gasteiger partial charge in [-0.05, 0) is 0 Å². The van der Waals surface area contributed by atoms with Crippen molar-refractivity contribution in [1.29, 1.82) is 0 Å². The molecule has 23 heavy (non-hydrogen) atoms. The SMILES string of the molecule is Cc1ccc(S(=O)(=O)OI(O)c2ccc3ccccc3c2)cc1. The van der Waals surface area contributed by atoms with Gasteiger partial charge in [-0.2, -0.15) is 0 Å². The van der Waals surface area contributed by atoms with Crippen LogP contribution in [0.3, 0.4) is 0 Å². The Morgan fingerprint density at radius 3 is 2.26 bits per heavy atom. The summed E-state index contributed by atoms with van der Waals surface area (Å²) in [6.07, 6.45) is 0. The first-order valence-electron chi connectivity index (χ1n) is 6.85. The van der Waals surface area contributed by atoms with Crippen molar-refractivity contribution >= 4 is 41.5 Å². The molecule has 0 amide bonds. The molecule has 0 aliphatic carbocycles. The standard InChI is InChI=1S/C17H15IO4S/c1-13-6-10-17(11-7-13)23(20,21)22-18(19)16-9-8-14-4-2-3-5-15(14)12-16/h2-12,19H,1H3. The van der Waals surface area contributed by atoms with Gasteiger partial charge in [0.05, 0.1) is 0 Å². The van der Waals surface area contributed by atoms with Gasteiger partial charge in [-0.15, -0.1) is 0 Å². The summed E-state index contributed by atoms with van der Waals surface area (Å²) in [5, 5.41) is 1.97. The van der Waals surface area contributed by atoms with Crippen molar-refractivity contribution in [2.75, 3.05) is 0 Å². The molecule has 3 aromatic rings. The summed E-state index contributed by atoms with van der Waals surface area (Å²) >= 11 is -3.26. The minimum absolute atomic E-state index is 0.0558. The second kappa shape index (κ2) is 6.56. The van der Waals surface area contributed by atoms with Gasteiger partial charge in [0.1, 0.15) is 0 Å². The summed E-state index contributed by atoms with van der Waals surface area (Å²) in [6, 6.07) is 19.4. The Morgan fingerprint density at radius 1 is 0.913 bits per heavy atom. The van der Waals surface area contributed by atoms with E-state index in [-0.39, 0.29) is 4.90 Å². The molecule has 1 N–H and O–H groups in total. The normalized spacial score (nSPS) is 12.3. The van der Waals surface area contributed by atoms with Crippen molar-refractivity contribution in [3.63, 3.8) is 0 Å². The molecule has 0 aliphatic heterocycles. The zero-order valence-corrected chi connectivity index (χ0v) is 15.3. The van der Waals surface area contributed by atoms with Crippen LogP contribution < -0.4 is 0 Å². The third kappa shape index (κ3) is 3.72. The third-order valence-corrected chi connectivity index (χ3v) is 8.66. The summed E-state index contributed by atoms with van der Waals surface area (Å²) in [4.78, 5) is 0.0558. The fraction of sp³-hybridized carbons (Fsp3) is 0.0588. The monoisotopic (exact) mass is 442 g/mol.